The highest BCUT2D eigenvalue weighted by molar-refractivity contribution is 6.10. The quantitative estimate of drug-likeness (QED) is 0.119. The number of hydrogen-bond acceptors (Lipinski definition) is 2. The highest BCUT2D eigenvalue weighted by Crippen LogP contribution is 2.40. The highest BCUT2D eigenvalue weighted by atomic mass is 16.3. The summed E-state index contributed by atoms with van der Waals surface area (Å²) in [5, 5.41) is 3.39. The Balaban J connectivity index is 1.05. The van der Waals surface area contributed by atoms with Gasteiger partial charge in [-0.1, -0.05) is 160 Å². The second-order valence-electron chi connectivity index (χ2n) is 16.6. The Morgan fingerprint density at radius 1 is 0.583 bits per heavy atom. The molecule has 4 aromatic heterocycles. The molecular weight excluding hydrogens is 733 g/mol. The maximum atomic E-state index is 5.79. The fraction of sp³-hybridized carbons (Fsp3) is 0.0909. The number of rotatable bonds is 7. The lowest BCUT2D eigenvalue weighted by Gasteiger charge is -2.25. The molecule has 0 bridgehead atoms. The van der Waals surface area contributed by atoms with Gasteiger partial charge in [-0.15, -0.1) is 0 Å². The molecule has 0 aliphatic carbocycles. The summed E-state index contributed by atoms with van der Waals surface area (Å²) in [5.41, 5.74) is 15.8. The van der Waals surface area contributed by atoms with Crippen LogP contribution in [0.15, 0.2) is 193 Å². The molecule has 0 atom stereocenters. The summed E-state index contributed by atoms with van der Waals surface area (Å²) < 4.78 is 12.6. The van der Waals surface area contributed by atoms with E-state index in [4.69, 9.17) is 9.40 Å². The number of nitrogens with zero attached hydrogens (tertiary/aromatic N) is 4. The lowest BCUT2D eigenvalue weighted by Crippen LogP contribution is -2.31. The molecule has 0 unspecified atom stereocenters. The first-order valence-corrected chi connectivity index (χ1v) is 20.6. The van der Waals surface area contributed by atoms with Gasteiger partial charge in [0.1, 0.15) is 11.4 Å². The number of pyridine rings is 1. The number of aromatic nitrogens is 4. The third-order valence-corrected chi connectivity index (χ3v) is 11.8. The van der Waals surface area contributed by atoms with Gasteiger partial charge >= 0.3 is 0 Å². The summed E-state index contributed by atoms with van der Waals surface area (Å²) in [5.74, 6) is 0.869. The number of para-hydroxylation sites is 4. The van der Waals surface area contributed by atoms with E-state index in [0.717, 1.165) is 67.8 Å². The van der Waals surface area contributed by atoms with E-state index in [0.29, 0.717) is 0 Å². The van der Waals surface area contributed by atoms with Crippen LogP contribution < -0.4 is 4.57 Å². The first-order valence-electron chi connectivity index (χ1n) is 20.6. The van der Waals surface area contributed by atoms with Crippen LogP contribution in [0.3, 0.4) is 0 Å². The van der Waals surface area contributed by atoms with Crippen molar-refractivity contribution in [3.8, 4) is 39.4 Å². The second-order valence-corrected chi connectivity index (χ2v) is 16.6. The molecule has 0 saturated carbocycles. The van der Waals surface area contributed by atoms with Gasteiger partial charge in [-0.2, -0.15) is 0 Å². The number of furan rings is 1. The average Bonchev–Trinajstić information content (AvgIpc) is 4.01. The van der Waals surface area contributed by atoms with E-state index in [2.05, 4.69) is 205 Å². The maximum absolute atomic E-state index is 5.79. The van der Waals surface area contributed by atoms with E-state index in [9.17, 15) is 0 Å². The largest absolute Gasteiger partial charge is 0.464 e. The van der Waals surface area contributed by atoms with Crippen LogP contribution in [0.4, 0.5) is 0 Å². The lowest BCUT2D eigenvalue weighted by atomic mass is 9.81. The fourth-order valence-electron chi connectivity index (χ4n) is 9.10. The summed E-state index contributed by atoms with van der Waals surface area (Å²) in [6.07, 6.45) is 8.21. The van der Waals surface area contributed by atoms with Gasteiger partial charge in [0.2, 0.25) is 0 Å². The van der Waals surface area contributed by atoms with Crippen molar-refractivity contribution in [2.24, 2.45) is 0 Å². The van der Waals surface area contributed by atoms with Crippen molar-refractivity contribution in [1.29, 1.82) is 0 Å². The molecule has 288 valence electrons. The number of imidazole rings is 1. The normalized spacial score (nSPS) is 12.0. The average molecular weight is 775 g/mol. The fourth-order valence-corrected chi connectivity index (χ4v) is 9.10. The molecule has 5 nitrogen and oxygen atoms in total. The Hall–Kier alpha value is -7.50. The van der Waals surface area contributed by atoms with Gasteiger partial charge in [-0.3, -0.25) is 13.7 Å². The van der Waals surface area contributed by atoms with E-state index < -0.39 is 0 Å². The topological polar surface area (TPSA) is 39.8 Å². The summed E-state index contributed by atoms with van der Waals surface area (Å²) in [4.78, 5) is 4.88. The smallest absolute Gasteiger partial charge is 0.269 e. The predicted molar refractivity (Wildman–Crippen MR) is 244 cm³/mol. The molecule has 0 spiro atoms. The van der Waals surface area contributed by atoms with Crippen molar-refractivity contribution in [2.75, 3.05) is 0 Å². The summed E-state index contributed by atoms with van der Waals surface area (Å²) >= 11 is 0. The van der Waals surface area contributed by atoms with Gasteiger partial charge in [0.25, 0.3) is 6.33 Å². The SMILES string of the molecule is CC(C)(C)c1ccccc1-c1cccc(-c2ccccc2)c1-[n+]1[c-]n(-c2cccc(Cc3ccc4c5ccccc5n(-c5nccc6occc56)c4c3)c2)c2ccccc21. The Kier molecular flexibility index (Phi) is 8.38. The number of hydrogen-bond donors (Lipinski definition) is 0. The van der Waals surface area contributed by atoms with E-state index in [1.165, 1.54) is 38.6 Å². The van der Waals surface area contributed by atoms with Crippen LogP contribution in [0.1, 0.15) is 37.5 Å². The minimum Gasteiger partial charge on any atom is -0.464 e. The zero-order valence-electron chi connectivity index (χ0n) is 33.8. The third-order valence-electron chi connectivity index (χ3n) is 11.8. The van der Waals surface area contributed by atoms with Gasteiger partial charge in [-0.25, -0.2) is 4.98 Å². The van der Waals surface area contributed by atoms with Crippen molar-refractivity contribution in [3.63, 3.8) is 0 Å². The molecule has 0 aliphatic heterocycles. The molecule has 0 aliphatic rings. The molecule has 7 aromatic carbocycles. The zero-order valence-corrected chi connectivity index (χ0v) is 33.8. The molecule has 11 rings (SSSR count). The number of benzene rings is 7. The van der Waals surface area contributed by atoms with Crippen LogP contribution in [0.2, 0.25) is 0 Å². The highest BCUT2D eigenvalue weighted by Gasteiger charge is 2.24. The summed E-state index contributed by atoms with van der Waals surface area (Å²) in [7, 11) is 0. The van der Waals surface area contributed by atoms with Crippen LogP contribution in [0.5, 0.6) is 0 Å². The second kappa shape index (κ2) is 14.1. The zero-order chi connectivity index (χ0) is 40.4. The van der Waals surface area contributed by atoms with Gasteiger partial charge in [0.05, 0.1) is 45.1 Å². The minimum absolute atomic E-state index is 0.0503. The van der Waals surface area contributed by atoms with Gasteiger partial charge < -0.3 is 4.42 Å². The predicted octanol–water partition coefficient (Wildman–Crippen LogP) is 13.2. The summed E-state index contributed by atoms with van der Waals surface area (Å²) in [6, 6.07) is 63.1. The van der Waals surface area contributed by atoms with Gasteiger partial charge in [0, 0.05) is 17.0 Å². The molecule has 5 heteroatoms. The van der Waals surface area contributed by atoms with Crippen LogP contribution in [-0.4, -0.2) is 14.1 Å². The van der Waals surface area contributed by atoms with Crippen LogP contribution in [0, 0.1) is 6.33 Å². The molecule has 0 saturated heterocycles. The first-order chi connectivity index (χ1) is 29.4. The van der Waals surface area contributed by atoms with Crippen LogP contribution in [-0.2, 0) is 11.8 Å². The van der Waals surface area contributed by atoms with Crippen molar-refractivity contribution in [2.45, 2.75) is 32.6 Å². The summed E-state index contributed by atoms with van der Waals surface area (Å²) in [6.45, 7) is 6.88. The van der Waals surface area contributed by atoms with E-state index in [1.54, 1.807) is 6.26 Å². The van der Waals surface area contributed by atoms with Crippen molar-refractivity contribution in [3.05, 3.63) is 211 Å². The van der Waals surface area contributed by atoms with Crippen molar-refractivity contribution < 1.29 is 8.98 Å². The Morgan fingerprint density at radius 2 is 1.30 bits per heavy atom. The monoisotopic (exact) mass is 774 g/mol. The first kappa shape index (κ1) is 35.6. The standard InChI is InChI=1S/C55H42N4O/c1-55(2,3)47-23-9-7-19-42(47)45-22-14-21-41(39-16-5-4-6-17-39)53(45)58-36-57(49-25-11-12-26-50(49)58)40-18-13-15-37(34-40)33-38-27-28-44-43-20-8-10-24-48(43)59(51(44)35-38)54-46-30-32-60-52(46)29-31-56-54/h4-32,34-35H,33H2,1-3H3. The van der Waals surface area contributed by atoms with Crippen molar-refractivity contribution in [1.82, 2.24) is 14.1 Å². The molecule has 60 heavy (non-hydrogen) atoms. The van der Waals surface area contributed by atoms with E-state index in [-0.39, 0.29) is 5.41 Å². The van der Waals surface area contributed by atoms with E-state index >= 15 is 0 Å². The molecule has 0 radical (unpaired) electrons. The molecule has 11 aromatic rings. The Bertz CT molecular complexity index is 3400. The number of fused-ring (bicyclic) bond motifs is 5. The Morgan fingerprint density at radius 3 is 2.18 bits per heavy atom. The van der Waals surface area contributed by atoms with Gasteiger partial charge in [0.15, 0.2) is 0 Å². The van der Waals surface area contributed by atoms with E-state index in [1.807, 2.05) is 18.3 Å². The molecular formula is C55H42N4O. The molecule has 0 amide bonds. The van der Waals surface area contributed by atoms with Crippen molar-refractivity contribution >= 4 is 43.8 Å². The maximum Gasteiger partial charge on any atom is 0.269 e. The van der Waals surface area contributed by atoms with Crippen LogP contribution >= 0.6 is 0 Å². The molecule has 0 fully saturated rings. The molecule has 0 N–H and O–H groups in total. The minimum atomic E-state index is -0.0503. The Labute approximate surface area is 349 Å². The molecule has 4 heterocycles. The lowest BCUT2D eigenvalue weighted by molar-refractivity contribution is -0.571. The van der Waals surface area contributed by atoms with Crippen LogP contribution in [0.25, 0.3) is 83.3 Å². The van der Waals surface area contributed by atoms with Gasteiger partial charge in [-0.05, 0) is 87.2 Å². The third kappa shape index (κ3) is 5.93.